The molecule has 0 aliphatic rings. The molecule has 6 heteroatoms. The van der Waals surface area contributed by atoms with Crippen molar-refractivity contribution in [2.24, 2.45) is 4.99 Å². The number of pyridine rings is 1. The van der Waals surface area contributed by atoms with Crippen molar-refractivity contribution in [2.45, 2.75) is 46.9 Å². The van der Waals surface area contributed by atoms with Crippen LogP contribution in [0.1, 0.15) is 37.5 Å². The quantitative estimate of drug-likeness (QED) is 0.550. The predicted molar refractivity (Wildman–Crippen MR) is 109 cm³/mol. The zero-order valence-corrected chi connectivity index (χ0v) is 16.9. The number of nitrogens with one attached hydrogen (secondary N) is 2. The first-order valence-corrected chi connectivity index (χ1v) is 9.29. The van der Waals surface area contributed by atoms with E-state index >= 15 is 0 Å². The van der Waals surface area contributed by atoms with Gasteiger partial charge in [-0.2, -0.15) is 0 Å². The second-order valence-corrected chi connectivity index (χ2v) is 6.54. The largest absolute Gasteiger partial charge is 0.491 e. The number of aromatic nitrogens is 1. The highest BCUT2D eigenvalue weighted by atomic mass is 16.5. The number of benzene rings is 1. The maximum atomic E-state index is 5.95. The summed E-state index contributed by atoms with van der Waals surface area (Å²) in [6.07, 6.45) is 1.91. The standard InChI is InChI=1S/C21H30N4O2/c1-6-22-21(24-13-17-8-10-20(26-5)23-12-17)25-14-18-9-7-16(4)11-19(18)27-15(2)3/h7-12,15H,6,13-14H2,1-5H3,(H2,22,24,25). The summed E-state index contributed by atoms with van der Waals surface area (Å²) in [6.45, 7) is 10.1. The Morgan fingerprint density at radius 2 is 2.00 bits per heavy atom. The van der Waals surface area contributed by atoms with Crippen molar-refractivity contribution in [2.75, 3.05) is 13.7 Å². The number of rotatable bonds is 8. The molecule has 0 atom stereocenters. The highest BCUT2D eigenvalue weighted by Gasteiger charge is 2.07. The maximum Gasteiger partial charge on any atom is 0.212 e. The third-order valence-corrected chi connectivity index (χ3v) is 3.80. The highest BCUT2D eigenvalue weighted by Crippen LogP contribution is 2.21. The summed E-state index contributed by atoms with van der Waals surface area (Å²) in [7, 11) is 1.61. The van der Waals surface area contributed by atoms with Crippen LogP contribution in [-0.2, 0) is 13.1 Å². The van der Waals surface area contributed by atoms with Crippen molar-refractivity contribution >= 4 is 5.96 Å². The van der Waals surface area contributed by atoms with Crippen LogP contribution >= 0.6 is 0 Å². The van der Waals surface area contributed by atoms with Crippen LogP contribution < -0.4 is 20.1 Å². The van der Waals surface area contributed by atoms with Crippen molar-refractivity contribution < 1.29 is 9.47 Å². The van der Waals surface area contributed by atoms with E-state index in [0.717, 1.165) is 29.4 Å². The lowest BCUT2D eigenvalue weighted by atomic mass is 10.1. The van der Waals surface area contributed by atoms with Crippen LogP contribution in [0.3, 0.4) is 0 Å². The number of nitrogens with zero attached hydrogens (tertiary/aromatic N) is 2. The fourth-order valence-corrected chi connectivity index (χ4v) is 2.49. The fourth-order valence-electron chi connectivity index (χ4n) is 2.49. The average Bonchev–Trinajstić information content (AvgIpc) is 2.65. The summed E-state index contributed by atoms with van der Waals surface area (Å²) < 4.78 is 11.0. The van der Waals surface area contributed by atoms with Gasteiger partial charge >= 0.3 is 0 Å². The molecule has 0 aliphatic carbocycles. The molecule has 6 nitrogen and oxygen atoms in total. The van der Waals surface area contributed by atoms with Gasteiger partial charge in [0, 0.05) is 30.9 Å². The summed E-state index contributed by atoms with van der Waals surface area (Å²) in [5.74, 6) is 2.27. The van der Waals surface area contributed by atoms with Gasteiger partial charge in [-0.1, -0.05) is 18.2 Å². The molecule has 0 bridgehead atoms. The molecular weight excluding hydrogens is 340 g/mol. The first-order valence-electron chi connectivity index (χ1n) is 9.29. The Bertz CT molecular complexity index is 742. The molecule has 0 fully saturated rings. The molecule has 146 valence electrons. The molecule has 1 aromatic carbocycles. The van der Waals surface area contributed by atoms with E-state index in [1.54, 1.807) is 13.3 Å². The summed E-state index contributed by atoms with van der Waals surface area (Å²) in [6, 6.07) is 10.1. The van der Waals surface area contributed by atoms with Crippen molar-refractivity contribution in [3.05, 3.63) is 53.2 Å². The van der Waals surface area contributed by atoms with Crippen LogP contribution in [0.15, 0.2) is 41.5 Å². The SMILES string of the molecule is CCNC(=NCc1ccc(OC)nc1)NCc1ccc(C)cc1OC(C)C. The molecule has 0 spiro atoms. The van der Waals surface area contributed by atoms with E-state index in [0.29, 0.717) is 19.0 Å². The Morgan fingerprint density at radius 3 is 2.63 bits per heavy atom. The molecule has 1 heterocycles. The molecule has 2 aromatic rings. The second-order valence-electron chi connectivity index (χ2n) is 6.54. The summed E-state index contributed by atoms with van der Waals surface area (Å²) in [5.41, 5.74) is 3.31. The van der Waals surface area contributed by atoms with Crippen LogP contribution in [0.4, 0.5) is 0 Å². The lowest BCUT2D eigenvalue weighted by Gasteiger charge is -2.17. The third-order valence-electron chi connectivity index (χ3n) is 3.80. The molecule has 0 radical (unpaired) electrons. The van der Waals surface area contributed by atoms with Crippen LogP contribution in [0.25, 0.3) is 0 Å². The summed E-state index contributed by atoms with van der Waals surface area (Å²) >= 11 is 0. The molecule has 27 heavy (non-hydrogen) atoms. The Morgan fingerprint density at radius 1 is 1.19 bits per heavy atom. The molecule has 0 saturated heterocycles. The second kappa shape index (κ2) is 10.4. The average molecular weight is 370 g/mol. The van der Waals surface area contributed by atoms with E-state index < -0.39 is 0 Å². The third kappa shape index (κ3) is 6.81. The molecular formula is C21H30N4O2. The van der Waals surface area contributed by atoms with Gasteiger partial charge in [-0.15, -0.1) is 0 Å². The summed E-state index contributed by atoms with van der Waals surface area (Å²) in [4.78, 5) is 8.85. The minimum atomic E-state index is 0.134. The van der Waals surface area contributed by atoms with Gasteiger partial charge in [-0.25, -0.2) is 9.98 Å². The number of hydrogen-bond acceptors (Lipinski definition) is 4. The minimum absolute atomic E-state index is 0.134. The first-order chi connectivity index (χ1) is 13.0. The number of methoxy groups -OCH3 is 1. The van der Waals surface area contributed by atoms with Gasteiger partial charge in [0.2, 0.25) is 5.88 Å². The van der Waals surface area contributed by atoms with Gasteiger partial charge in [0.15, 0.2) is 5.96 Å². The van der Waals surface area contributed by atoms with Gasteiger partial charge in [0.1, 0.15) is 5.75 Å². The molecule has 2 rings (SSSR count). The van der Waals surface area contributed by atoms with Gasteiger partial charge in [-0.05, 0) is 44.9 Å². The zero-order chi connectivity index (χ0) is 19.6. The molecule has 0 amide bonds. The monoisotopic (exact) mass is 370 g/mol. The van der Waals surface area contributed by atoms with E-state index in [4.69, 9.17) is 9.47 Å². The van der Waals surface area contributed by atoms with Gasteiger partial charge in [0.25, 0.3) is 0 Å². The molecule has 0 aliphatic heterocycles. The zero-order valence-electron chi connectivity index (χ0n) is 16.9. The fraction of sp³-hybridized carbons (Fsp3) is 0.429. The molecule has 0 unspecified atom stereocenters. The minimum Gasteiger partial charge on any atom is -0.491 e. The van der Waals surface area contributed by atoms with E-state index in [1.807, 2.05) is 32.9 Å². The number of guanidine groups is 1. The van der Waals surface area contributed by atoms with Crippen LogP contribution in [0.5, 0.6) is 11.6 Å². The Balaban J connectivity index is 2.05. The maximum absolute atomic E-state index is 5.95. The number of aryl methyl sites for hydroxylation is 1. The lowest BCUT2D eigenvalue weighted by Crippen LogP contribution is -2.36. The van der Waals surface area contributed by atoms with E-state index in [2.05, 4.69) is 45.7 Å². The predicted octanol–water partition coefficient (Wildman–Crippen LogP) is 3.44. The highest BCUT2D eigenvalue weighted by molar-refractivity contribution is 5.79. The smallest absolute Gasteiger partial charge is 0.212 e. The van der Waals surface area contributed by atoms with Gasteiger partial charge in [0.05, 0.1) is 19.8 Å². The Kier molecular flexibility index (Phi) is 7.92. The van der Waals surface area contributed by atoms with Crippen LogP contribution in [0, 0.1) is 6.92 Å². The molecule has 1 aromatic heterocycles. The van der Waals surface area contributed by atoms with E-state index in [9.17, 15) is 0 Å². The Labute approximate surface area is 162 Å². The van der Waals surface area contributed by atoms with Gasteiger partial charge < -0.3 is 20.1 Å². The topological polar surface area (TPSA) is 67.8 Å². The first kappa shape index (κ1) is 20.6. The van der Waals surface area contributed by atoms with Crippen molar-refractivity contribution in [3.63, 3.8) is 0 Å². The van der Waals surface area contributed by atoms with Crippen LogP contribution in [0.2, 0.25) is 0 Å². The summed E-state index contributed by atoms with van der Waals surface area (Å²) in [5, 5.41) is 6.65. The number of ether oxygens (including phenoxy) is 2. The number of hydrogen-bond donors (Lipinski definition) is 2. The van der Waals surface area contributed by atoms with Crippen molar-refractivity contribution in [1.29, 1.82) is 0 Å². The molecule has 0 saturated carbocycles. The number of aliphatic imine (C=N–C) groups is 1. The van der Waals surface area contributed by atoms with Crippen molar-refractivity contribution in [3.8, 4) is 11.6 Å². The van der Waals surface area contributed by atoms with Crippen molar-refractivity contribution in [1.82, 2.24) is 15.6 Å². The lowest BCUT2D eigenvalue weighted by molar-refractivity contribution is 0.239. The van der Waals surface area contributed by atoms with E-state index in [-0.39, 0.29) is 6.10 Å². The Hall–Kier alpha value is -2.76. The molecule has 2 N–H and O–H groups in total. The normalized spacial score (nSPS) is 11.4. The van der Waals surface area contributed by atoms with Crippen LogP contribution in [-0.4, -0.2) is 30.7 Å². The van der Waals surface area contributed by atoms with Gasteiger partial charge in [-0.3, -0.25) is 0 Å². The van der Waals surface area contributed by atoms with E-state index in [1.165, 1.54) is 5.56 Å².